The molecule has 1 aromatic rings. The SMILES string of the molecule is CCc1nc2n(c1C)CC(F)CC2N. The average molecular weight is 197 g/mol. The van der Waals surface area contributed by atoms with Crippen molar-refractivity contribution in [3.63, 3.8) is 0 Å². The minimum absolute atomic E-state index is 0.238. The maximum Gasteiger partial charge on any atom is 0.126 e. The second-order valence-electron chi connectivity index (χ2n) is 3.91. The van der Waals surface area contributed by atoms with Crippen LogP contribution in [0.25, 0.3) is 0 Å². The number of hydrogen-bond acceptors (Lipinski definition) is 2. The Bertz CT molecular complexity index is 345. The van der Waals surface area contributed by atoms with Gasteiger partial charge in [-0.15, -0.1) is 0 Å². The Balaban J connectivity index is 2.46. The van der Waals surface area contributed by atoms with Crippen molar-refractivity contribution in [2.75, 3.05) is 0 Å². The van der Waals surface area contributed by atoms with E-state index < -0.39 is 6.17 Å². The summed E-state index contributed by atoms with van der Waals surface area (Å²) in [6.07, 6.45) is 0.463. The van der Waals surface area contributed by atoms with Crippen LogP contribution in [0, 0.1) is 6.92 Å². The number of rotatable bonds is 1. The Kier molecular flexibility index (Phi) is 2.31. The molecule has 2 N–H and O–H groups in total. The zero-order chi connectivity index (χ0) is 10.3. The van der Waals surface area contributed by atoms with Gasteiger partial charge in [0.25, 0.3) is 0 Å². The highest BCUT2D eigenvalue weighted by Crippen LogP contribution is 2.27. The van der Waals surface area contributed by atoms with Crippen LogP contribution < -0.4 is 5.73 Å². The van der Waals surface area contributed by atoms with Crippen LogP contribution in [0.1, 0.15) is 36.6 Å². The normalized spacial score (nSPS) is 26.3. The standard InChI is InChI=1S/C10H16FN3/c1-3-9-6(2)14-5-7(11)4-8(12)10(14)13-9/h7-8H,3-5,12H2,1-2H3. The Labute approximate surface area is 83.1 Å². The van der Waals surface area contributed by atoms with Crippen molar-refractivity contribution >= 4 is 0 Å². The average Bonchev–Trinajstić information content (AvgIpc) is 2.44. The predicted molar refractivity (Wildman–Crippen MR) is 52.8 cm³/mol. The fourth-order valence-electron chi connectivity index (χ4n) is 2.11. The van der Waals surface area contributed by atoms with E-state index >= 15 is 0 Å². The summed E-state index contributed by atoms with van der Waals surface area (Å²) in [6.45, 7) is 4.46. The van der Waals surface area contributed by atoms with Crippen molar-refractivity contribution in [3.8, 4) is 0 Å². The molecule has 0 saturated heterocycles. The Morgan fingerprint density at radius 1 is 1.64 bits per heavy atom. The summed E-state index contributed by atoms with van der Waals surface area (Å²) in [6, 6.07) is -0.238. The lowest BCUT2D eigenvalue weighted by Gasteiger charge is -2.23. The fourth-order valence-corrected chi connectivity index (χ4v) is 2.11. The third-order valence-electron chi connectivity index (χ3n) is 2.91. The van der Waals surface area contributed by atoms with E-state index in [1.54, 1.807) is 0 Å². The molecular formula is C10H16FN3. The molecule has 0 amide bonds. The summed E-state index contributed by atoms with van der Waals surface area (Å²) in [7, 11) is 0. The number of alkyl halides is 1. The minimum Gasteiger partial charge on any atom is -0.328 e. The van der Waals surface area contributed by atoms with Crippen molar-refractivity contribution in [2.45, 2.75) is 45.4 Å². The quantitative estimate of drug-likeness (QED) is 0.741. The van der Waals surface area contributed by atoms with Gasteiger partial charge in [-0.05, 0) is 13.3 Å². The van der Waals surface area contributed by atoms with Gasteiger partial charge in [0.15, 0.2) is 0 Å². The summed E-state index contributed by atoms with van der Waals surface area (Å²) in [5, 5.41) is 0. The van der Waals surface area contributed by atoms with Crippen LogP contribution in [-0.2, 0) is 13.0 Å². The second-order valence-corrected chi connectivity index (χ2v) is 3.91. The van der Waals surface area contributed by atoms with Crippen LogP contribution in [-0.4, -0.2) is 15.7 Å². The predicted octanol–water partition coefficient (Wildman–Crippen LogP) is 1.50. The molecule has 1 aliphatic rings. The fraction of sp³-hybridized carbons (Fsp3) is 0.700. The molecule has 2 heterocycles. The smallest absolute Gasteiger partial charge is 0.126 e. The highest BCUT2D eigenvalue weighted by molar-refractivity contribution is 5.19. The lowest BCUT2D eigenvalue weighted by molar-refractivity contribution is 0.229. The van der Waals surface area contributed by atoms with Crippen LogP contribution in [0.4, 0.5) is 4.39 Å². The first-order chi connectivity index (χ1) is 6.63. The number of aromatic nitrogens is 2. The molecule has 78 valence electrons. The number of nitrogens with zero attached hydrogens (tertiary/aromatic N) is 2. The zero-order valence-corrected chi connectivity index (χ0v) is 8.63. The van der Waals surface area contributed by atoms with Crippen molar-refractivity contribution in [3.05, 3.63) is 17.2 Å². The minimum atomic E-state index is -0.824. The van der Waals surface area contributed by atoms with Gasteiger partial charge in [0.05, 0.1) is 18.3 Å². The number of hydrogen-bond donors (Lipinski definition) is 1. The van der Waals surface area contributed by atoms with Crippen LogP contribution in [0.5, 0.6) is 0 Å². The van der Waals surface area contributed by atoms with E-state index in [-0.39, 0.29) is 6.04 Å². The number of nitrogens with two attached hydrogens (primary N) is 1. The third-order valence-corrected chi connectivity index (χ3v) is 2.91. The van der Waals surface area contributed by atoms with E-state index in [4.69, 9.17) is 5.73 Å². The molecule has 2 atom stereocenters. The van der Waals surface area contributed by atoms with E-state index in [1.807, 2.05) is 11.5 Å². The van der Waals surface area contributed by atoms with Crippen LogP contribution >= 0.6 is 0 Å². The summed E-state index contributed by atoms with van der Waals surface area (Å²) < 4.78 is 15.2. The largest absolute Gasteiger partial charge is 0.328 e. The van der Waals surface area contributed by atoms with E-state index in [9.17, 15) is 4.39 Å². The number of imidazole rings is 1. The Morgan fingerprint density at radius 2 is 2.36 bits per heavy atom. The summed E-state index contributed by atoms with van der Waals surface area (Å²) in [4.78, 5) is 4.46. The molecule has 2 rings (SSSR count). The van der Waals surface area contributed by atoms with E-state index in [0.717, 1.165) is 23.6 Å². The molecule has 0 radical (unpaired) electrons. The monoisotopic (exact) mass is 197 g/mol. The molecule has 0 spiro atoms. The lowest BCUT2D eigenvalue weighted by Crippen LogP contribution is -2.30. The third kappa shape index (κ3) is 1.34. The first kappa shape index (κ1) is 9.65. The molecule has 0 bridgehead atoms. The number of halogens is 1. The van der Waals surface area contributed by atoms with Gasteiger partial charge in [-0.2, -0.15) is 0 Å². The lowest BCUT2D eigenvalue weighted by atomic mass is 10.1. The molecule has 0 aromatic carbocycles. The van der Waals surface area contributed by atoms with Gasteiger partial charge in [0, 0.05) is 12.1 Å². The van der Waals surface area contributed by atoms with Crippen molar-refractivity contribution < 1.29 is 4.39 Å². The van der Waals surface area contributed by atoms with Gasteiger partial charge in [0.1, 0.15) is 12.0 Å². The molecule has 0 fully saturated rings. The first-order valence-corrected chi connectivity index (χ1v) is 5.09. The van der Waals surface area contributed by atoms with Crippen LogP contribution in [0.3, 0.4) is 0 Å². The van der Waals surface area contributed by atoms with Crippen molar-refractivity contribution in [1.82, 2.24) is 9.55 Å². The van der Waals surface area contributed by atoms with E-state index in [2.05, 4.69) is 11.9 Å². The zero-order valence-electron chi connectivity index (χ0n) is 8.63. The van der Waals surface area contributed by atoms with Gasteiger partial charge >= 0.3 is 0 Å². The highest BCUT2D eigenvalue weighted by atomic mass is 19.1. The first-order valence-electron chi connectivity index (χ1n) is 5.09. The second kappa shape index (κ2) is 3.35. The molecule has 2 unspecified atom stereocenters. The van der Waals surface area contributed by atoms with Gasteiger partial charge in [-0.1, -0.05) is 6.92 Å². The molecule has 1 aliphatic heterocycles. The molecule has 0 aliphatic carbocycles. The maximum absolute atomic E-state index is 13.3. The molecule has 1 aromatic heterocycles. The molecule has 3 nitrogen and oxygen atoms in total. The van der Waals surface area contributed by atoms with Gasteiger partial charge in [-0.25, -0.2) is 9.37 Å². The van der Waals surface area contributed by atoms with Crippen molar-refractivity contribution in [2.24, 2.45) is 5.73 Å². The van der Waals surface area contributed by atoms with E-state index in [1.165, 1.54) is 0 Å². The van der Waals surface area contributed by atoms with Gasteiger partial charge in [0.2, 0.25) is 0 Å². The topological polar surface area (TPSA) is 43.8 Å². The van der Waals surface area contributed by atoms with Crippen LogP contribution in [0.2, 0.25) is 0 Å². The molecular weight excluding hydrogens is 181 g/mol. The molecule has 4 heteroatoms. The Hall–Kier alpha value is -0.900. The number of fused-ring (bicyclic) bond motifs is 1. The molecule has 14 heavy (non-hydrogen) atoms. The Morgan fingerprint density at radius 3 is 3.00 bits per heavy atom. The van der Waals surface area contributed by atoms with Crippen LogP contribution in [0.15, 0.2) is 0 Å². The number of aryl methyl sites for hydroxylation is 1. The summed E-state index contributed by atoms with van der Waals surface area (Å²) >= 11 is 0. The van der Waals surface area contributed by atoms with Crippen molar-refractivity contribution in [1.29, 1.82) is 0 Å². The highest BCUT2D eigenvalue weighted by Gasteiger charge is 2.27. The van der Waals surface area contributed by atoms with Gasteiger partial charge in [-0.3, -0.25) is 0 Å². The maximum atomic E-state index is 13.3. The molecule has 0 saturated carbocycles. The van der Waals surface area contributed by atoms with E-state index in [0.29, 0.717) is 13.0 Å². The van der Waals surface area contributed by atoms with Gasteiger partial charge < -0.3 is 10.3 Å². The summed E-state index contributed by atoms with van der Waals surface area (Å²) in [5.41, 5.74) is 7.97. The summed E-state index contributed by atoms with van der Waals surface area (Å²) in [5.74, 6) is 0.855.